The molecule has 0 heterocycles. The summed E-state index contributed by atoms with van der Waals surface area (Å²) in [5.74, 6) is -0.806. The van der Waals surface area contributed by atoms with Gasteiger partial charge in [0.2, 0.25) is 0 Å². The van der Waals surface area contributed by atoms with Crippen LogP contribution in [0.4, 0.5) is 0 Å². The van der Waals surface area contributed by atoms with Gasteiger partial charge in [0.05, 0.1) is 27.7 Å². The molecule has 1 N–H and O–H groups in total. The topological polar surface area (TPSA) is 108 Å². The smallest absolute Gasteiger partial charge is 0.462 e. The van der Waals surface area contributed by atoms with Crippen LogP contribution in [0.2, 0.25) is 0 Å². The molecule has 0 aliphatic rings. The molecule has 0 saturated heterocycles. The number of quaternary nitrogens is 1. The molecule has 0 radical (unpaired) electrons. The van der Waals surface area contributed by atoms with Crippen molar-refractivity contribution in [3.8, 4) is 0 Å². The van der Waals surface area contributed by atoms with E-state index in [1.54, 1.807) is 0 Å². The molecule has 0 aromatic carbocycles. The van der Waals surface area contributed by atoms with Crippen LogP contribution in [0.25, 0.3) is 0 Å². The van der Waals surface area contributed by atoms with E-state index in [0.717, 1.165) is 57.8 Å². The summed E-state index contributed by atoms with van der Waals surface area (Å²) in [5.41, 5.74) is 0. The van der Waals surface area contributed by atoms with Crippen molar-refractivity contribution in [1.82, 2.24) is 0 Å². The molecule has 0 aromatic heterocycles. The number of phosphoric acid groups is 1. The molecule has 0 amide bonds. The standard InChI is InChI=1S/C49H94NO8P/c1-6-8-10-12-14-16-18-20-22-23-24-25-26-28-29-31-33-35-37-39-41-48(51)55-45-47(46-57-59(53,54)56-44-43-50(3,4)5)58-49(52)42-40-38-36-34-32-30-27-21-19-17-15-13-11-9-7-2/h17,19,21,27,47H,6-16,18,20,22-26,28-46H2,1-5H3/p+1/b19-17+,27-21+/t47-/m1/s1. The van der Waals surface area contributed by atoms with Crippen molar-refractivity contribution in [3.05, 3.63) is 24.3 Å². The summed E-state index contributed by atoms with van der Waals surface area (Å²) in [5, 5.41) is 0. The van der Waals surface area contributed by atoms with Gasteiger partial charge in [-0.2, -0.15) is 0 Å². The normalized spacial score (nSPS) is 13.7. The number of nitrogens with zero attached hydrogens (tertiary/aromatic N) is 1. The maximum Gasteiger partial charge on any atom is 0.472 e. The molecular weight excluding hydrogens is 762 g/mol. The number of hydrogen-bond donors (Lipinski definition) is 1. The molecule has 0 aliphatic heterocycles. The van der Waals surface area contributed by atoms with Gasteiger partial charge in [-0.3, -0.25) is 18.6 Å². The fraction of sp³-hybridized carbons (Fsp3) is 0.878. The number of carbonyl (C=O) groups is 2. The highest BCUT2D eigenvalue weighted by Gasteiger charge is 2.27. The predicted octanol–water partition coefficient (Wildman–Crippen LogP) is 14.3. The Bertz CT molecular complexity index is 1060. The molecule has 2 atom stereocenters. The number of unbranched alkanes of at least 4 members (excludes halogenated alkanes) is 28. The Kier molecular flexibility index (Phi) is 40.8. The van der Waals surface area contributed by atoms with Gasteiger partial charge in [-0.15, -0.1) is 0 Å². The number of ether oxygens (including phenoxy) is 2. The molecule has 9 nitrogen and oxygen atoms in total. The van der Waals surface area contributed by atoms with Crippen molar-refractivity contribution >= 4 is 19.8 Å². The molecular formula is C49H95NO8P+. The Balaban J connectivity index is 4.25. The maximum absolute atomic E-state index is 12.7. The first-order valence-electron chi connectivity index (χ1n) is 24.6. The maximum atomic E-state index is 12.7. The fourth-order valence-corrected chi connectivity index (χ4v) is 7.63. The van der Waals surface area contributed by atoms with Crippen LogP contribution >= 0.6 is 7.82 Å². The number of carbonyl (C=O) groups excluding carboxylic acids is 2. The average Bonchev–Trinajstić information content (AvgIpc) is 3.19. The lowest BCUT2D eigenvalue weighted by atomic mass is 10.0. The van der Waals surface area contributed by atoms with Gasteiger partial charge in [-0.05, 0) is 38.5 Å². The molecule has 0 saturated carbocycles. The van der Waals surface area contributed by atoms with Crippen molar-refractivity contribution < 1.29 is 42.1 Å². The molecule has 0 fully saturated rings. The SMILES string of the molecule is CCCCCC/C=C/C=C/CCCCCCCC(=O)O[C@H](COC(=O)CCCCCCCCCCCCCCCCCCCCCC)COP(=O)(O)OCC[N+](C)(C)C. The Hall–Kier alpha value is -1.51. The first-order valence-corrected chi connectivity index (χ1v) is 26.1. The Morgan fingerprint density at radius 2 is 0.898 bits per heavy atom. The Morgan fingerprint density at radius 3 is 1.32 bits per heavy atom. The zero-order valence-corrected chi connectivity index (χ0v) is 40.1. The highest BCUT2D eigenvalue weighted by Crippen LogP contribution is 2.43. The van der Waals surface area contributed by atoms with Crippen LogP contribution in [0.15, 0.2) is 24.3 Å². The zero-order chi connectivity index (χ0) is 43.6. The van der Waals surface area contributed by atoms with Gasteiger partial charge in [0.25, 0.3) is 0 Å². The van der Waals surface area contributed by atoms with Crippen LogP contribution in [0.3, 0.4) is 0 Å². The van der Waals surface area contributed by atoms with E-state index in [-0.39, 0.29) is 25.6 Å². The van der Waals surface area contributed by atoms with Gasteiger partial charge in [0.15, 0.2) is 6.10 Å². The first kappa shape index (κ1) is 57.5. The minimum absolute atomic E-state index is 0.0305. The van der Waals surface area contributed by atoms with Crippen molar-refractivity contribution in [1.29, 1.82) is 0 Å². The predicted molar refractivity (Wildman–Crippen MR) is 247 cm³/mol. The van der Waals surface area contributed by atoms with E-state index in [2.05, 4.69) is 38.2 Å². The van der Waals surface area contributed by atoms with Gasteiger partial charge in [-0.25, -0.2) is 4.57 Å². The number of allylic oxidation sites excluding steroid dienone is 4. The number of phosphoric ester groups is 1. The van der Waals surface area contributed by atoms with Gasteiger partial charge in [0, 0.05) is 12.8 Å². The quantitative estimate of drug-likeness (QED) is 0.0212. The molecule has 0 spiro atoms. The number of esters is 2. The fourth-order valence-electron chi connectivity index (χ4n) is 6.89. The first-order chi connectivity index (χ1) is 28.5. The summed E-state index contributed by atoms with van der Waals surface area (Å²) >= 11 is 0. The van der Waals surface area contributed by atoms with Crippen molar-refractivity contribution in [2.45, 2.75) is 232 Å². The van der Waals surface area contributed by atoms with E-state index >= 15 is 0 Å². The van der Waals surface area contributed by atoms with E-state index in [4.69, 9.17) is 18.5 Å². The van der Waals surface area contributed by atoms with Gasteiger partial charge in [-0.1, -0.05) is 199 Å². The second-order valence-electron chi connectivity index (χ2n) is 17.9. The van der Waals surface area contributed by atoms with Crippen molar-refractivity contribution in [2.24, 2.45) is 0 Å². The van der Waals surface area contributed by atoms with Crippen molar-refractivity contribution in [3.63, 3.8) is 0 Å². The van der Waals surface area contributed by atoms with Crippen LogP contribution < -0.4 is 0 Å². The molecule has 0 aromatic rings. The van der Waals surface area contributed by atoms with E-state index < -0.39 is 26.5 Å². The van der Waals surface area contributed by atoms with Crippen molar-refractivity contribution in [2.75, 3.05) is 47.5 Å². The largest absolute Gasteiger partial charge is 0.472 e. The zero-order valence-electron chi connectivity index (χ0n) is 39.2. The highest BCUT2D eigenvalue weighted by atomic mass is 31.2. The van der Waals surface area contributed by atoms with Crippen LogP contribution in [-0.2, 0) is 32.7 Å². The lowest BCUT2D eigenvalue weighted by molar-refractivity contribution is -0.870. The second kappa shape index (κ2) is 41.8. The van der Waals surface area contributed by atoms with Gasteiger partial charge in [0.1, 0.15) is 19.8 Å². The highest BCUT2D eigenvalue weighted by molar-refractivity contribution is 7.47. The molecule has 348 valence electrons. The number of hydrogen-bond acceptors (Lipinski definition) is 7. The monoisotopic (exact) mass is 857 g/mol. The third-order valence-electron chi connectivity index (χ3n) is 10.8. The second-order valence-corrected chi connectivity index (χ2v) is 19.3. The Morgan fingerprint density at radius 1 is 0.525 bits per heavy atom. The van der Waals surface area contributed by atoms with Gasteiger partial charge < -0.3 is 18.9 Å². The summed E-state index contributed by atoms with van der Waals surface area (Å²) in [7, 11) is 1.47. The third-order valence-corrected chi connectivity index (χ3v) is 11.7. The number of rotatable bonds is 45. The van der Waals surface area contributed by atoms with E-state index in [1.165, 1.54) is 135 Å². The summed E-state index contributed by atoms with van der Waals surface area (Å²) in [4.78, 5) is 35.5. The summed E-state index contributed by atoms with van der Waals surface area (Å²) < 4.78 is 34.4. The molecule has 10 heteroatoms. The lowest BCUT2D eigenvalue weighted by Gasteiger charge is -2.24. The summed E-state index contributed by atoms with van der Waals surface area (Å²) in [6.45, 7) is 4.42. The Labute approximate surface area is 364 Å². The van der Waals surface area contributed by atoms with E-state index in [0.29, 0.717) is 23.9 Å². The summed E-state index contributed by atoms with van der Waals surface area (Å²) in [6, 6.07) is 0. The van der Waals surface area contributed by atoms with Crippen LogP contribution in [0.1, 0.15) is 226 Å². The molecule has 59 heavy (non-hydrogen) atoms. The van der Waals surface area contributed by atoms with Crippen LogP contribution in [0, 0.1) is 0 Å². The minimum Gasteiger partial charge on any atom is -0.462 e. The average molecular weight is 857 g/mol. The molecule has 1 unspecified atom stereocenters. The summed E-state index contributed by atoms with van der Waals surface area (Å²) in [6.07, 6.45) is 46.5. The lowest BCUT2D eigenvalue weighted by Crippen LogP contribution is -2.37. The van der Waals surface area contributed by atoms with E-state index in [1.807, 2.05) is 21.1 Å². The number of likely N-dealkylation sites (N-methyl/N-ethyl adjacent to an activating group) is 1. The van der Waals surface area contributed by atoms with Crippen LogP contribution in [-0.4, -0.2) is 74.9 Å². The molecule has 0 rings (SSSR count). The molecule has 0 aliphatic carbocycles. The van der Waals surface area contributed by atoms with Gasteiger partial charge >= 0.3 is 19.8 Å². The third kappa shape index (κ3) is 45.8. The van der Waals surface area contributed by atoms with Crippen LogP contribution in [0.5, 0.6) is 0 Å². The minimum atomic E-state index is -4.38. The van der Waals surface area contributed by atoms with E-state index in [9.17, 15) is 19.0 Å². The molecule has 0 bridgehead atoms.